The molecule has 2 aromatic carbocycles. The van der Waals surface area contributed by atoms with Crippen molar-refractivity contribution in [3.05, 3.63) is 70.5 Å². The highest BCUT2D eigenvalue weighted by molar-refractivity contribution is 6.31. The van der Waals surface area contributed by atoms with Gasteiger partial charge in [-0.1, -0.05) is 48.0 Å². The van der Waals surface area contributed by atoms with Gasteiger partial charge < -0.3 is 15.4 Å². The van der Waals surface area contributed by atoms with E-state index in [-0.39, 0.29) is 37.3 Å². The number of nitrogens with zero attached hydrogens (tertiary/aromatic N) is 1. The molecule has 2 rings (SSSR count). The normalized spacial score (nSPS) is 11.5. The van der Waals surface area contributed by atoms with E-state index in [1.807, 2.05) is 30.3 Å². The summed E-state index contributed by atoms with van der Waals surface area (Å²) in [7, 11) is 1.57. The van der Waals surface area contributed by atoms with Crippen molar-refractivity contribution in [3.63, 3.8) is 0 Å². The number of carbonyl (C=O) groups excluding carboxylic acids is 1. The summed E-state index contributed by atoms with van der Waals surface area (Å²) >= 11 is 6.08. The molecule has 0 bridgehead atoms. The predicted molar refractivity (Wildman–Crippen MR) is 104 cm³/mol. The van der Waals surface area contributed by atoms with Crippen LogP contribution in [0.15, 0.2) is 48.5 Å². The summed E-state index contributed by atoms with van der Waals surface area (Å²) in [4.78, 5) is 14.3. The molecule has 0 radical (unpaired) electrons. The second-order valence-corrected chi connectivity index (χ2v) is 6.17. The maximum atomic E-state index is 13.2. The fourth-order valence-corrected chi connectivity index (χ4v) is 2.71. The van der Waals surface area contributed by atoms with E-state index in [1.54, 1.807) is 18.1 Å². The molecule has 4 nitrogen and oxygen atoms in total. The Labute approximate surface area is 164 Å². The quantitative estimate of drug-likeness (QED) is 0.729. The number of ether oxygens (including phenoxy) is 1. The van der Waals surface area contributed by atoms with Crippen molar-refractivity contribution in [1.82, 2.24) is 4.90 Å². The number of carbonyl (C=O) groups is 1. The minimum atomic E-state index is -0.408. The van der Waals surface area contributed by atoms with Crippen molar-refractivity contribution in [3.8, 4) is 0 Å². The molecule has 142 valence electrons. The molecule has 0 aromatic heterocycles. The summed E-state index contributed by atoms with van der Waals surface area (Å²) < 4.78 is 18.3. The standard InChI is InChI=1S/C19H22ClFN2O2.ClH/c1-25-10-9-23(13-15-7-8-16(21)11-17(15)20)19(24)12-18(22)14-5-3-2-4-6-14;/h2-8,11,18H,9-10,12-13,22H2,1H3;1H. The molecule has 1 amide bonds. The van der Waals surface area contributed by atoms with Crippen LogP contribution in [-0.4, -0.2) is 31.1 Å². The van der Waals surface area contributed by atoms with Gasteiger partial charge in [0.05, 0.1) is 6.61 Å². The first-order valence-corrected chi connectivity index (χ1v) is 8.40. The highest BCUT2D eigenvalue weighted by Gasteiger charge is 2.19. The van der Waals surface area contributed by atoms with Gasteiger partial charge in [-0.25, -0.2) is 4.39 Å². The van der Waals surface area contributed by atoms with Crippen molar-refractivity contribution >= 4 is 29.9 Å². The molecule has 2 N–H and O–H groups in total. The van der Waals surface area contributed by atoms with Crippen LogP contribution in [0, 0.1) is 5.82 Å². The number of amides is 1. The maximum Gasteiger partial charge on any atom is 0.224 e. The van der Waals surface area contributed by atoms with Gasteiger partial charge in [0.25, 0.3) is 0 Å². The Bertz CT molecular complexity index is 701. The van der Waals surface area contributed by atoms with Crippen LogP contribution < -0.4 is 5.73 Å². The van der Waals surface area contributed by atoms with Crippen molar-refractivity contribution in [2.75, 3.05) is 20.3 Å². The fraction of sp³-hybridized carbons (Fsp3) is 0.316. The largest absolute Gasteiger partial charge is 0.383 e. The first kappa shape index (κ1) is 22.4. The molecular weight excluding hydrogens is 378 g/mol. The van der Waals surface area contributed by atoms with E-state index in [1.165, 1.54) is 12.1 Å². The lowest BCUT2D eigenvalue weighted by Gasteiger charge is -2.24. The zero-order chi connectivity index (χ0) is 18.2. The van der Waals surface area contributed by atoms with Crippen LogP contribution in [0.3, 0.4) is 0 Å². The van der Waals surface area contributed by atoms with Gasteiger partial charge in [-0.15, -0.1) is 12.4 Å². The van der Waals surface area contributed by atoms with E-state index in [4.69, 9.17) is 22.1 Å². The molecule has 0 saturated heterocycles. The monoisotopic (exact) mass is 400 g/mol. The minimum absolute atomic E-state index is 0. The Morgan fingerprint density at radius 3 is 2.58 bits per heavy atom. The lowest BCUT2D eigenvalue weighted by atomic mass is 10.0. The molecule has 0 heterocycles. The third-order valence-electron chi connectivity index (χ3n) is 3.92. The van der Waals surface area contributed by atoms with Gasteiger partial charge in [0, 0.05) is 37.7 Å². The van der Waals surface area contributed by atoms with E-state index in [0.717, 1.165) is 5.56 Å². The summed E-state index contributed by atoms with van der Waals surface area (Å²) in [5.41, 5.74) is 7.74. The summed E-state index contributed by atoms with van der Waals surface area (Å²) in [5, 5.41) is 0.294. The van der Waals surface area contributed by atoms with Gasteiger partial charge in [-0.05, 0) is 23.3 Å². The molecule has 26 heavy (non-hydrogen) atoms. The second kappa shape index (κ2) is 11.1. The lowest BCUT2D eigenvalue weighted by Crippen LogP contribution is -2.35. The number of nitrogens with two attached hydrogens (primary N) is 1. The number of hydrogen-bond acceptors (Lipinski definition) is 3. The average Bonchev–Trinajstić information content (AvgIpc) is 2.61. The number of halogens is 3. The average molecular weight is 401 g/mol. The molecule has 0 aliphatic carbocycles. The van der Waals surface area contributed by atoms with E-state index in [0.29, 0.717) is 23.7 Å². The fourth-order valence-electron chi connectivity index (χ4n) is 2.48. The van der Waals surface area contributed by atoms with E-state index in [9.17, 15) is 9.18 Å². The van der Waals surface area contributed by atoms with Crippen molar-refractivity contribution in [2.24, 2.45) is 5.73 Å². The Morgan fingerprint density at radius 1 is 1.27 bits per heavy atom. The van der Waals surface area contributed by atoms with Gasteiger partial charge in [-0.2, -0.15) is 0 Å². The molecule has 1 unspecified atom stereocenters. The first-order valence-electron chi connectivity index (χ1n) is 8.02. The summed E-state index contributed by atoms with van der Waals surface area (Å²) in [5.74, 6) is -0.511. The van der Waals surface area contributed by atoms with E-state index < -0.39 is 5.82 Å². The van der Waals surface area contributed by atoms with E-state index in [2.05, 4.69) is 0 Å². The highest BCUT2D eigenvalue weighted by Crippen LogP contribution is 2.21. The van der Waals surface area contributed by atoms with Crippen molar-refractivity contribution in [1.29, 1.82) is 0 Å². The second-order valence-electron chi connectivity index (χ2n) is 5.77. The zero-order valence-corrected chi connectivity index (χ0v) is 16.1. The molecule has 1 atom stereocenters. The SMILES string of the molecule is COCCN(Cc1ccc(F)cc1Cl)C(=O)CC(N)c1ccccc1.Cl. The molecule has 0 aliphatic rings. The molecule has 0 spiro atoms. The number of benzene rings is 2. The lowest BCUT2D eigenvalue weighted by molar-refractivity contribution is -0.132. The third-order valence-corrected chi connectivity index (χ3v) is 4.27. The van der Waals surface area contributed by atoms with Crippen LogP contribution in [0.5, 0.6) is 0 Å². The van der Waals surface area contributed by atoms with Gasteiger partial charge in [0.1, 0.15) is 5.82 Å². The number of rotatable bonds is 8. The van der Waals surface area contributed by atoms with Gasteiger partial charge in [-0.3, -0.25) is 4.79 Å². The van der Waals surface area contributed by atoms with Gasteiger partial charge in [0.15, 0.2) is 0 Å². The maximum absolute atomic E-state index is 13.2. The van der Waals surface area contributed by atoms with Crippen molar-refractivity contribution < 1.29 is 13.9 Å². The first-order chi connectivity index (χ1) is 12.0. The Hall–Kier alpha value is -1.66. The number of hydrogen-bond donors (Lipinski definition) is 1. The number of methoxy groups -OCH3 is 1. The molecule has 0 saturated carbocycles. The molecular formula is C19H23Cl2FN2O2. The van der Waals surface area contributed by atoms with Crippen LogP contribution in [0.2, 0.25) is 5.02 Å². The van der Waals surface area contributed by atoms with Crippen LogP contribution >= 0.6 is 24.0 Å². The van der Waals surface area contributed by atoms with Gasteiger partial charge in [0.2, 0.25) is 5.91 Å². The van der Waals surface area contributed by atoms with E-state index >= 15 is 0 Å². The van der Waals surface area contributed by atoms with Crippen LogP contribution in [-0.2, 0) is 16.1 Å². The van der Waals surface area contributed by atoms with Crippen LogP contribution in [0.4, 0.5) is 4.39 Å². The predicted octanol–water partition coefficient (Wildman–Crippen LogP) is 3.97. The third kappa shape index (κ3) is 6.57. The molecule has 0 fully saturated rings. The summed E-state index contributed by atoms with van der Waals surface area (Å²) in [6.45, 7) is 1.08. The summed E-state index contributed by atoms with van der Waals surface area (Å²) in [6, 6.07) is 13.2. The Kier molecular flexibility index (Phi) is 9.59. The molecule has 0 aliphatic heterocycles. The van der Waals surface area contributed by atoms with Crippen molar-refractivity contribution in [2.45, 2.75) is 19.0 Å². The zero-order valence-electron chi connectivity index (χ0n) is 14.5. The molecule has 7 heteroatoms. The topological polar surface area (TPSA) is 55.6 Å². The van der Waals surface area contributed by atoms with Gasteiger partial charge >= 0.3 is 0 Å². The van der Waals surface area contributed by atoms with Crippen LogP contribution in [0.25, 0.3) is 0 Å². The Morgan fingerprint density at radius 2 is 1.96 bits per heavy atom. The smallest absolute Gasteiger partial charge is 0.224 e. The highest BCUT2D eigenvalue weighted by atomic mass is 35.5. The Balaban J connectivity index is 0.00000338. The summed E-state index contributed by atoms with van der Waals surface area (Å²) in [6.07, 6.45) is 0.173. The van der Waals surface area contributed by atoms with Crippen LogP contribution in [0.1, 0.15) is 23.6 Å². The minimum Gasteiger partial charge on any atom is -0.383 e. The molecule has 2 aromatic rings.